The lowest BCUT2D eigenvalue weighted by atomic mass is 10.2. The van der Waals surface area contributed by atoms with Gasteiger partial charge in [0.25, 0.3) is 11.8 Å². The average molecular weight is 482 g/mol. The molecule has 0 atom stereocenters. The van der Waals surface area contributed by atoms with Crippen molar-refractivity contribution < 1.29 is 33.3 Å². The van der Waals surface area contributed by atoms with Crippen molar-refractivity contribution in [2.75, 3.05) is 44.8 Å². The SMILES string of the molecule is COC(=O)c1ccc(NC(=O)c2ccc(NC(=O)c3ccc(N)c(OC)n3)c(OC)n2)c(OC)n1. The zero-order valence-electron chi connectivity index (χ0n) is 19.2. The van der Waals surface area contributed by atoms with Crippen molar-refractivity contribution in [2.45, 2.75) is 0 Å². The van der Waals surface area contributed by atoms with Crippen molar-refractivity contribution in [1.29, 1.82) is 0 Å². The molecule has 3 aromatic heterocycles. The molecule has 0 bridgehead atoms. The van der Waals surface area contributed by atoms with Crippen LogP contribution in [0.15, 0.2) is 36.4 Å². The monoisotopic (exact) mass is 482 g/mol. The molecule has 0 radical (unpaired) electrons. The van der Waals surface area contributed by atoms with E-state index in [1.807, 2.05) is 0 Å². The van der Waals surface area contributed by atoms with Crippen LogP contribution in [0.2, 0.25) is 0 Å². The first-order valence-electron chi connectivity index (χ1n) is 9.92. The summed E-state index contributed by atoms with van der Waals surface area (Å²) in [7, 11) is 5.28. The molecule has 3 aromatic rings. The number of methoxy groups -OCH3 is 4. The van der Waals surface area contributed by atoms with Gasteiger partial charge >= 0.3 is 5.97 Å². The Balaban J connectivity index is 1.79. The van der Waals surface area contributed by atoms with E-state index in [9.17, 15) is 14.4 Å². The molecule has 2 amide bonds. The van der Waals surface area contributed by atoms with Crippen molar-refractivity contribution in [3.05, 3.63) is 53.5 Å². The summed E-state index contributed by atoms with van der Waals surface area (Å²) < 4.78 is 20.0. The van der Waals surface area contributed by atoms with Gasteiger partial charge < -0.3 is 35.3 Å². The Morgan fingerprint density at radius 2 is 1.09 bits per heavy atom. The number of hydrogen-bond acceptors (Lipinski definition) is 11. The molecule has 35 heavy (non-hydrogen) atoms. The Morgan fingerprint density at radius 1 is 0.657 bits per heavy atom. The average Bonchev–Trinajstić information content (AvgIpc) is 2.88. The van der Waals surface area contributed by atoms with Gasteiger partial charge in [0.15, 0.2) is 5.69 Å². The number of nitrogens with zero attached hydrogens (tertiary/aromatic N) is 3. The standard InChI is InChI=1S/C22H22N6O7/c1-32-19-11(23)5-6-12(26-19)17(29)24-14-8-7-13(27-20(14)33-2)18(30)25-15-9-10-16(22(31)35-4)28-21(15)34-3/h5-10H,23H2,1-4H3,(H,24,29)(H,25,30). The Bertz CT molecular complexity index is 1280. The molecule has 0 aromatic carbocycles. The van der Waals surface area contributed by atoms with Gasteiger partial charge in [-0.2, -0.15) is 0 Å². The third-order valence-electron chi connectivity index (χ3n) is 4.55. The number of aromatic nitrogens is 3. The van der Waals surface area contributed by atoms with E-state index in [0.717, 1.165) is 0 Å². The van der Waals surface area contributed by atoms with E-state index in [4.69, 9.17) is 19.9 Å². The largest absolute Gasteiger partial charge is 0.480 e. The van der Waals surface area contributed by atoms with Crippen LogP contribution in [0.5, 0.6) is 17.6 Å². The van der Waals surface area contributed by atoms with Crippen LogP contribution in [0.25, 0.3) is 0 Å². The summed E-state index contributed by atoms with van der Waals surface area (Å²) in [6.07, 6.45) is 0. The minimum Gasteiger partial charge on any atom is -0.480 e. The highest BCUT2D eigenvalue weighted by molar-refractivity contribution is 6.06. The Labute approximate surface area is 199 Å². The van der Waals surface area contributed by atoms with E-state index >= 15 is 0 Å². The predicted octanol–water partition coefficient (Wildman–Crippen LogP) is 1.77. The van der Waals surface area contributed by atoms with E-state index < -0.39 is 17.8 Å². The molecule has 0 aliphatic heterocycles. The van der Waals surface area contributed by atoms with E-state index in [1.54, 1.807) is 0 Å². The summed E-state index contributed by atoms with van der Waals surface area (Å²) in [5.74, 6) is -1.74. The van der Waals surface area contributed by atoms with Crippen molar-refractivity contribution in [3.63, 3.8) is 0 Å². The number of amides is 2. The number of carbonyl (C=O) groups is 3. The van der Waals surface area contributed by atoms with Crippen LogP contribution >= 0.6 is 0 Å². The molecule has 0 aliphatic rings. The van der Waals surface area contributed by atoms with Crippen LogP contribution in [-0.4, -0.2) is 61.2 Å². The molecule has 0 spiro atoms. The van der Waals surface area contributed by atoms with E-state index in [-0.39, 0.29) is 51.8 Å². The maximum Gasteiger partial charge on any atom is 0.356 e. The fourth-order valence-electron chi connectivity index (χ4n) is 2.84. The predicted molar refractivity (Wildman–Crippen MR) is 124 cm³/mol. The first-order valence-corrected chi connectivity index (χ1v) is 9.92. The zero-order valence-corrected chi connectivity index (χ0v) is 19.2. The lowest BCUT2D eigenvalue weighted by Crippen LogP contribution is -2.18. The van der Waals surface area contributed by atoms with Crippen molar-refractivity contribution in [2.24, 2.45) is 0 Å². The van der Waals surface area contributed by atoms with Crippen molar-refractivity contribution in [3.8, 4) is 17.6 Å². The summed E-state index contributed by atoms with van der Waals surface area (Å²) in [6, 6.07) is 8.56. The van der Waals surface area contributed by atoms with Crippen molar-refractivity contribution in [1.82, 2.24) is 15.0 Å². The lowest BCUT2D eigenvalue weighted by Gasteiger charge is -2.12. The molecule has 3 rings (SSSR count). The second-order valence-electron chi connectivity index (χ2n) is 6.70. The number of anilines is 3. The number of pyridine rings is 3. The van der Waals surface area contributed by atoms with E-state index in [2.05, 4.69) is 30.3 Å². The smallest absolute Gasteiger partial charge is 0.356 e. The normalized spacial score (nSPS) is 10.2. The number of nitrogens with one attached hydrogen (secondary N) is 2. The Kier molecular flexibility index (Phi) is 7.61. The van der Waals surface area contributed by atoms with Crippen LogP contribution in [0, 0.1) is 0 Å². The Morgan fingerprint density at radius 3 is 1.57 bits per heavy atom. The maximum atomic E-state index is 12.8. The van der Waals surface area contributed by atoms with Gasteiger partial charge in [0.05, 0.1) is 34.1 Å². The molecular formula is C22H22N6O7. The van der Waals surface area contributed by atoms with Crippen LogP contribution in [0.1, 0.15) is 31.5 Å². The number of hydrogen-bond donors (Lipinski definition) is 3. The second-order valence-corrected chi connectivity index (χ2v) is 6.70. The third kappa shape index (κ3) is 5.52. The topological polar surface area (TPSA) is 177 Å². The van der Waals surface area contributed by atoms with Gasteiger partial charge in [0.2, 0.25) is 17.6 Å². The highest BCUT2D eigenvalue weighted by atomic mass is 16.5. The lowest BCUT2D eigenvalue weighted by molar-refractivity contribution is 0.0593. The van der Waals surface area contributed by atoms with E-state index in [1.165, 1.54) is 64.8 Å². The second kappa shape index (κ2) is 10.8. The molecule has 13 heteroatoms. The minimum atomic E-state index is -0.655. The number of rotatable bonds is 8. The van der Waals surface area contributed by atoms with Crippen LogP contribution < -0.4 is 30.6 Å². The van der Waals surface area contributed by atoms with Crippen LogP contribution in [0.4, 0.5) is 17.1 Å². The fourth-order valence-corrected chi connectivity index (χ4v) is 2.84. The number of nitrogens with two attached hydrogens (primary N) is 1. The highest BCUT2D eigenvalue weighted by Crippen LogP contribution is 2.26. The van der Waals surface area contributed by atoms with Crippen LogP contribution in [0.3, 0.4) is 0 Å². The molecule has 0 aliphatic carbocycles. The van der Waals surface area contributed by atoms with Gasteiger partial charge in [0.1, 0.15) is 22.8 Å². The summed E-state index contributed by atoms with van der Waals surface area (Å²) >= 11 is 0. The molecule has 4 N–H and O–H groups in total. The van der Waals surface area contributed by atoms with Gasteiger partial charge in [0, 0.05) is 0 Å². The Hall–Kier alpha value is -4.94. The number of nitrogen functional groups attached to an aromatic ring is 1. The third-order valence-corrected chi connectivity index (χ3v) is 4.55. The maximum absolute atomic E-state index is 12.8. The summed E-state index contributed by atoms with van der Waals surface area (Å²) in [4.78, 5) is 49.2. The summed E-state index contributed by atoms with van der Waals surface area (Å²) in [5, 5.41) is 5.21. The molecule has 0 saturated heterocycles. The van der Waals surface area contributed by atoms with E-state index in [0.29, 0.717) is 0 Å². The summed E-state index contributed by atoms with van der Waals surface area (Å²) in [5.41, 5.74) is 6.45. The first kappa shape index (κ1) is 24.7. The highest BCUT2D eigenvalue weighted by Gasteiger charge is 2.19. The molecular weight excluding hydrogens is 460 g/mol. The van der Waals surface area contributed by atoms with Gasteiger partial charge in [-0.15, -0.1) is 0 Å². The quantitative estimate of drug-likeness (QED) is 0.399. The van der Waals surface area contributed by atoms with Gasteiger partial charge in [-0.05, 0) is 36.4 Å². The molecule has 0 fully saturated rings. The van der Waals surface area contributed by atoms with Crippen LogP contribution in [-0.2, 0) is 4.74 Å². The number of carbonyl (C=O) groups excluding carboxylic acids is 3. The number of esters is 1. The molecule has 0 saturated carbocycles. The number of ether oxygens (including phenoxy) is 4. The molecule has 182 valence electrons. The molecule has 3 heterocycles. The summed E-state index contributed by atoms with van der Waals surface area (Å²) in [6.45, 7) is 0. The zero-order chi connectivity index (χ0) is 25.5. The molecule has 0 unspecified atom stereocenters. The van der Waals surface area contributed by atoms with Gasteiger partial charge in [-0.25, -0.2) is 19.7 Å². The fraction of sp³-hybridized carbons (Fsp3) is 0.182. The molecule has 13 nitrogen and oxygen atoms in total. The minimum absolute atomic E-state index is 0.00326. The van der Waals surface area contributed by atoms with Gasteiger partial charge in [-0.3, -0.25) is 9.59 Å². The van der Waals surface area contributed by atoms with Crippen molar-refractivity contribution >= 4 is 34.8 Å². The first-order chi connectivity index (χ1) is 16.8. The van der Waals surface area contributed by atoms with Gasteiger partial charge in [-0.1, -0.05) is 0 Å².